The van der Waals surface area contributed by atoms with Gasteiger partial charge < -0.3 is 20.0 Å². The molecule has 8 heteroatoms. The van der Waals surface area contributed by atoms with Crippen molar-refractivity contribution in [2.75, 3.05) is 45.8 Å². The molecule has 3 amide bonds. The van der Waals surface area contributed by atoms with E-state index >= 15 is 0 Å². The molecule has 2 aliphatic heterocycles. The van der Waals surface area contributed by atoms with Crippen molar-refractivity contribution in [3.63, 3.8) is 0 Å². The van der Waals surface area contributed by atoms with Gasteiger partial charge in [-0.15, -0.1) is 0 Å². The maximum Gasteiger partial charge on any atom is 0.317 e. The molecule has 0 radical (unpaired) electrons. The topological polar surface area (TPSA) is 55.9 Å². The molecule has 0 aromatic heterocycles. The summed E-state index contributed by atoms with van der Waals surface area (Å²) in [6, 6.07) is 14.3. The number of urea groups is 1. The number of carbonyl (C=O) groups is 2. The van der Waals surface area contributed by atoms with Crippen molar-refractivity contribution in [2.45, 2.75) is 26.3 Å². The Hall–Kier alpha value is -2.64. The zero-order valence-electron chi connectivity index (χ0n) is 20.4. The van der Waals surface area contributed by atoms with Crippen molar-refractivity contribution in [3.8, 4) is 0 Å². The van der Waals surface area contributed by atoms with Gasteiger partial charge in [-0.2, -0.15) is 0 Å². The van der Waals surface area contributed by atoms with Crippen LogP contribution in [0.25, 0.3) is 0 Å². The van der Waals surface area contributed by atoms with E-state index in [1.807, 2.05) is 32.0 Å². The SMILES string of the molecule is CCN(CC)C(=O)N[C@@H](CCN1CC2CN(C(=O)c3c(F)cccc3Cl)CC2C1)c1ccccc1. The van der Waals surface area contributed by atoms with Crippen LogP contribution >= 0.6 is 11.6 Å². The van der Waals surface area contributed by atoms with Crippen LogP contribution in [0.3, 0.4) is 0 Å². The van der Waals surface area contributed by atoms with Gasteiger partial charge in [-0.3, -0.25) is 4.79 Å². The molecule has 188 valence electrons. The molecule has 1 N–H and O–H groups in total. The molecule has 3 atom stereocenters. The van der Waals surface area contributed by atoms with Gasteiger partial charge in [0.2, 0.25) is 0 Å². The van der Waals surface area contributed by atoms with Crippen molar-refractivity contribution in [1.29, 1.82) is 0 Å². The summed E-state index contributed by atoms with van der Waals surface area (Å²) < 4.78 is 14.2. The second-order valence-corrected chi connectivity index (χ2v) is 9.87. The number of nitrogens with zero attached hydrogens (tertiary/aromatic N) is 3. The van der Waals surface area contributed by atoms with E-state index in [1.165, 1.54) is 12.1 Å². The third kappa shape index (κ3) is 5.78. The average molecular weight is 501 g/mol. The van der Waals surface area contributed by atoms with Crippen molar-refractivity contribution in [1.82, 2.24) is 20.0 Å². The molecule has 4 rings (SSSR count). The maximum absolute atomic E-state index is 14.2. The van der Waals surface area contributed by atoms with Gasteiger partial charge in [0.1, 0.15) is 5.82 Å². The summed E-state index contributed by atoms with van der Waals surface area (Å²) in [5.41, 5.74) is 1.08. The maximum atomic E-state index is 14.2. The minimum Gasteiger partial charge on any atom is -0.338 e. The molecule has 0 aliphatic carbocycles. The second kappa shape index (κ2) is 11.4. The highest BCUT2D eigenvalue weighted by Crippen LogP contribution is 2.33. The smallest absolute Gasteiger partial charge is 0.317 e. The van der Waals surface area contributed by atoms with Gasteiger partial charge in [0, 0.05) is 45.8 Å². The van der Waals surface area contributed by atoms with Gasteiger partial charge in [-0.1, -0.05) is 48.0 Å². The number of benzene rings is 2. The predicted octanol–water partition coefficient (Wildman–Crippen LogP) is 4.67. The van der Waals surface area contributed by atoms with E-state index in [0.717, 1.165) is 31.6 Å². The van der Waals surface area contributed by atoms with Crippen LogP contribution in [-0.2, 0) is 0 Å². The summed E-state index contributed by atoms with van der Waals surface area (Å²) in [5, 5.41) is 3.38. The highest BCUT2D eigenvalue weighted by atomic mass is 35.5. The molecular weight excluding hydrogens is 467 g/mol. The predicted molar refractivity (Wildman–Crippen MR) is 136 cm³/mol. The summed E-state index contributed by atoms with van der Waals surface area (Å²) in [7, 11) is 0. The lowest BCUT2D eigenvalue weighted by Gasteiger charge is -2.27. The summed E-state index contributed by atoms with van der Waals surface area (Å²) >= 11 is 6.11. The van der Waals surface area contributed by atoms with E-state index in [4.69, 9.17) is 11.6 Å². The molecule has 0 bridgehead atoms. The van der Waals surface area contributed by atoms with Crippen LogP contribution < -0.4 is 5.32 Å². The largest absolute Gasteiger partial charge is 0.338 e. The lowest BCUT2D eigenvalue weighted by atomic mass is 10.0. The number of amides is 3. The normalized spacial score (nSPS) is 20.5. The average Bonchev–Trinajstić information content (AvgIpc) is 3.42. The molecule has 2 fully saturated rings. The van der Waals surface area contributed by atoms with Gasteiger partial charge in [-0.05, 0) is 49.8 Å². The van der Waals surface area contributed by atoms with Crippen molar-refractivity contribution >= 4 is 23.5 Å². The van der Waals surface area contributed by atoms with E-state index in [2.05, 4.69) is 22.3 Å². The first-order chi connectivity index (χ1) is 16.9. The van der Waals surface area contributed by atoms with E-state index < -0.39 is 5.82 Å². The van der Waals surface area contributed by atoms with Crippen LogP contribution in [0.5, 0.6) is 0 Å². The molecule has 2 unspecified atom stereocenters. The number of rotatable bonds is 8. The number of likely N-dealkylation sites (tertiary alicyclic amines) is 2. The highest BCUT2D eigenvalue weighted by Gasteiger charge is 2.42. The molecule has 6 nitrogen and oxygen atoms in total. The third-order valence-corrected chi connectivity index (χ3v) is 7.62. The first-order valence-electron chi connectivity index (χ1n) is 12.5. The molecule has 2 aromatic carbocycles. The van der Waals surface area contributed by atoms with E-state index in [0.29, 0.717) is 38.0 Å². The van der Waals surface area contributed by atoms with Crippen molar-refractivity contribution in [2.24, 2.45) is 11.8 Å². The number of fused-ring (bicyclic) bond motifs is 1. The number of carbonyl (C=O) groups excluding carboxylic acids is 2. The van der Waals surface area contributed by atoms with Crippen LogP contribution in [0.4, 0.5) is 9.18 Å². The molecule has 2 heterocycles. The Balaban J connectivity index is 1.34. The monoisotopic (exact) mass is 500 g/mol. The first-order valence-corrected chi connectivity index (χ1v) is 12.8. The van der Waals surface area contributed by atoms with Crippen molar-refractivity contribution in [3.05, 3.63) is 70.5 Å². The minimum atomic E-state index is -0.570. The lowest BCUT2D eigenvalue weighted by molar-refractivity contribution is 0.0769. The Bertz CT molecular complexity index is 999. The van der Waals surface area contributed by atoms with Crippen LogP contribution in [0, 0.1) is 17.7 Å². The molecule has 2 aromatic rings. The summed E-state index contributed by atoms with van der Waals surface area (Å²) in [6.07, 6.45) is 0.809. The number of hydrogen-bond donors (Lipinski definition) is 1. The number of hydrogen-bond acceptors (Lipinski definition) is 3. The van der Waals surface area contributed by atoms with E-state index in [1.54, 1.807) is 15.9 Å². The Labute approximate surface area is 212 Å². The van der Waals surface area contributed by atoms with Crippen LogP contribution in [0.2, 0.25) is 5.02 Å². The standard InChI is InChI=1S/C27H34ClFN4O2/c1-3-32(4-2)27(35)30-24(19-9-6-5-7-10-19)13-14-31-15-20-17-33(18-21(20)16-31)26(34)25-22(28)11-8-12-23(25)29/h5-12,20-21,24H,3-4,13-18H2,1-2H3,(H,30,35)/t20?,21?,24-/m0/s1. The van der Waals surface area contributed by atoms with Gasteiger partial charge in [0.25, 0.3) is 5.91 Å². The molecule has 2 saturated heterocycles. The molecule has 0 saturated carbocycles. The summed E-state index contributed by atoms with van der Waals surface area (Å²) in [5.74, 6) is -0.160. The summed E-state index contributed by atoms with van der Waals surface area (Å²) in [4.78, 5) is 31.6. The van der Waals surface area contributed by atoms with Gasteiger partial charge in [-0.25, -0.2) is 9.18 Å². The molecule has 0 spiro atoms. The van der Waals surface area contributed by atoms with Gasteiger partial charge in [0.15, 0.2) is 0 Å². The minimum absolute atomic E-state index is 0.0272. The fraction of sp³-hybridized carbons (Fsp3) is 0.481. The Kier molecular flexibility index (Phi) is 8.29. The zero-order chi connectivity index (χ0) is 24.9. The molecule has 2 aliphatic rings. The van der Waals surface area contributed by atoms with Crippen LogP contribution in [-0.4, -0.2) is 72.5 Å². The fourth-order valence-corrected chi connectivity index (χ4v) is 5.61. The third-order valence-electron chi connectivity index (χ3n) is 7.31. The Morgan fingerprint density at radius 2 is 1.69 bits per heavy atom. The van der Waals surface area contributed by atoms with Gasteiger partial charge >= 0.3 is 6.03 Å². The van der Waals surface area contributed by atoms with Gasteiger partial charge in [0.05, 0.1) is 16.6 Å². The lowest BCUT2D eigenvalue weighted by Crippen LogP contribution is -2.42. The Morgan fingerprint density at radius 3 is 2.29 bits per heavy atom. The molecule has 35 heavy (non-hydrogen) atoms. The zero-order valence-corrected chi connectivity index (χ0v) is 21.2. The number of nitrogens with one attached hydrogen (secondary N) is 1. The highest BCUT2D eigenvalue weighted by molar-refractivity contribution is 6.33. The van der Waals surface area contributed by atoms with Crippen molar-refractivity contribution < 1.29 is 14.0 Å². The Morgan fingerprint density at radius 1 is 1.03 bits per heavy atom. The summed E-state index contributed by atoms with van der Waals surface area (Å²) in [6.45, 7) is 9.19. The van der Waals surface area contributed by atoms with Crippen LogP contribution in [0.1, 0.15) is 42.2 Å². The second-order valence-electron chi connectivity index (χ2n) is 9.46. The quantitative estimate of drug-likeness (QED) is 0.573. The molecular formula is C27H34ClFN4O2. The first kappa shape index (κ1) is 25.5. The fourth-order valence-electron chi connectivity index (χ4n) is 5.37. The number of halogens is 2. The van der Waals surface area contributed by atoms with E-state index in [-0.39, 0.29) is 28.6 Å². The van der Waals surface area contributed by atoms with Crippen LogP contribution in [0.15, 0.2) is 48.5 Å². The van der Waals surface area contributed by atoms with E-state index in [9.17, 15) is 14.0 Å².